The van der Waals surface area contributed by atoms with Crippen LogP contribution in [0.1, 0.15) is 38.5 Å². The second-order valence-electron chi connectivity index (χ2n) is 3.00. The van der Waals surface area contributed by atoms with E-state index in [1.807, 2.05) is 0 Å². The smallest absolute Gasteiger partial charge is 0.123 e. The molecule has 0 aliphatic carbocycles. The lowest BCUT2D eigenvalue weighted by Crippen LogP contribution is -1.88. The zero-order valence-corrected chi connectivity index (χ0v) is 11.0. The van der Waals surface area contributed by atoms with Gasteiger partial charge in [0.2, 0.25) is 0 Å². The normalized spacial score (nSPS) is 9.69. The highest BCUT2D eigenvalue weighted by Gasteiger charge is 1.98. The molecule has 0 aromatic rings. The fraction of sp³-hybridized carbons (Fsp3) is 0.800. The van der Waals surface area contributed by atoms with Crippen LogP contribution in [-0.4, -0.2) is 16.6 Å². The Bertz CT molecular complexity index is 150. The maximum Gasteiger partial charge on any atom is 0.123 e. The van der Waals surface area contributed by atoms with Gasteiger partial charge in [0.1, 0.15) is 5.94 Å². The number of hydrogen-bond acceptors (Lipinski definition) is 1. The maximum atomic E-state index is 10.5. The van der Waals surface area contributed by atoms with Gasteiger partial charge >= 0.3 is 0 Å². The molecule has 0 N–H and O–H groups in total. The molecule has 0 fully saturated rings. The van der Waals surface area contributed by atoms with Crippen LogP contribution in [-0.2, 0) is 4.79 Å². The van der Waals surface area contributed by atoms with Gasteiger partial charge in [-0.1, -0.05) is 31.9 Å². The highest BCUT2D eigenvalue weighted by molar-refractivity contribution is 9.09. The van der Waals surface area contributed by atoms with Crippen LogP contribution < -0.4 is 0 Å². The molecule has 0 bridgehead atoms. The van der Waals surface area contributed by atoms with Crippen molar-refractivity contribution in [3.63, 3.8) is 0 Å². The van der Waals surface area contributed by atoms with E-state index in [2.05, 4.69) is 37.8 Å². The Hall–Kier alpha value is 0.410. The summed E-state index contributed by atoms with van der Waals surface area (Å²) in [5.74, 6) is 2.06. The zero-order valence-electron chi connectivity index (χ0n) is 7.82. The highest BCUT2D eigenvalue weighted by Crippen LogP contribution is 2.13. The van der Waals surface area contributed by atoms with Gasteiger partial charge in [-0.05, 0) is 38.5 Å². The molecular weight excluding hydrogens is 296 g/mol. The summed E-state index contributed by atoms with van der Waals surface area (Å²) in [6.07, 6.45) is 6.34. The molecular formula is C10H16Br2O. The molecule has 0 spiro atoms. The third kappa shape index (κ3) is 8.73. The Morgan fingerprint density at radius 3 is 1.69 bits per heavy atom. The van der Waals surface area contributed by atoms with Crippen LogP contribution in [0.3, 0.4) is 0 Å². The van der Waals surface area contributed by atoms with Gasteiger partial charge in [-0.25, -0.2) is 4.79 Å². The lowest BCUT2D eigenvalue weighted by molar-refractivity contribution is 0.562. The van der Waals surface area contributed by atoms with E-state index in [0.717, 1.165) is 54.8 Å². The van der Waals surface area contributed by atoms with E-state index in [1.165, 1.54) is 0 Å². The van der Waals surface area contributed by atoms with Crippen molar-refractivity contribution in [2.45, 2.75) is 38.5 Å². The lowest BCUT2D eigenvalue weighted by Gasteiger charge is -2.01. The van der Waals surface area contributed by atoms with Crippen molar-refractivity contribution in [1.82, 2.24) is 0 Å². The van der Waals surface area contributed by atoms with Crippen LogP contribution in [0.4, 0.5) is 0 Å². The van der Waals surface area contributed by atoms with Crippen LogP contribution in [0.2, 0.25) is 0 Å². The van der Waals surface area contributed by atoms with Crippen molar-refractivity contribution < 1.29 is 4.79 Å². The molecule has 0 unspecified atom stereocenters. The minimum Gasteiger partial charge on any atom is -0.234 e. The van der Waals surface area contributed by atoms with E-state index < -0.39 is 0 Å². The van der Waals surface area contributed by atoms with Crippen molar-refractivity contribution in [2.24, 2.45) is 0 Å². The third-order valence-corrected chi connectivity index (χ3v) is 2.99. The number of rotatable bonds is 8. The molecule has 1 nitrogen and oxygen atoms in total. The number of hydrogen-bond donors (Lipinski definition) is 0. The van der Waals surface area contributed by atoms with Crippen LogP contribution in [0.15, 0.2) is 5.57 Å². The second kappa shape index (κ2) is 10.5. The molecule has 0 heterocycles. The maximum absolute atomic E-state index is 10.5. The lowest BCUT2D eigenvalue weighted by atomic mass is 10.0. The minimum atomic E-state index is 0.928. The highest BCUT2D eigenvalue weighted by atomic mass is 79.9. The molecule has 0 aliphatic heterocycles. The van der Waals surface area contributed by atoms with Gasteiger partial charge in [-0.2, -0.15) is 0 Å². The summed E-state index contributed by atoms with van der Waals surface area (Å²) in [7, 11) is 0. The molecule has 0 saturated heterocycles. The minimum absolute atomic E-state index is 0.928. The largest absolute Gasteiger partial charge is 0.234 e. The summed E-state index contributed by atoms with van der Waals surface area (Å²) in [6, 6.07) is 0. The fourth-order valence-electron chi connectivity index (χ4n) is 1.09. The summed E-state index contributed by atoms with van der Waals surface area (Å²) in [5.41, 5.74) is 0.960. The first kappa shape index (κ1) is 13.4. The summed E-state index contributed by atoms with van der Waals surface area (Å²) >= 11 is 6.74. The van der Waals surface area contributed by atoms with E-state index in [0.29, 0.717) is 0 Å². The predicted octanol–water partition coefficient (Wildman–Crippen LogP) is 3.87. The molecule has 0 saturated carbocycles. The van der Waals surface area contributed by atoms with Crippen molar-refractivity contribution in [3.05, 3.63) is 5.57 Å². The molecule has 76 valence electrons. The first-order chi connectivity index (χ1) is 6.35. The molecule has 3 heteroatoms. The summed E-state index contributed by atoms with van der Waals surface area (Å²) in [4.78, 5) is 10.5. The molecule has 0 aromatic heterocycles. The van der Waals surface area contributed by atoms with Gasteiger partial charge in [0.15, 0.2) is 0 Å². The van der Waals surface area contributed by atoms with Crippen LogP contribution >= 0.6 is 31.9 Å². The van der Waals surface area contributed by atoms with Crippen LogP contribution in [0.5, 0.6) is 0 Å². The molecule has 0 rings (SSSR count). The molecule has 0 radical (unpaired) electrons. The zero-order chi connectivity index (χ0) is 9.94. The molecule has 0 aromatic carbocycles. The molecule has 0 aliphatic rings. The van der Waals surface area contributed by atoms with E-state index in [1.54, 1.807) is 0 Å². The van der Waals surface area contributed by atoms with E-state index >= 15 is 0 Å². The van der Waals surface area contributed by atoms with Crippen molar-refractivity contribution in [2.75, 3.05) is 10.7 Å². The second-order valence-corrected chi connectivity index (χ2v) is 4.58. The van der Waals surface area contributed by atoms with Gasteiger partial charge in [0, 0.05) is 16.2 Å². The standard InChI is InChI=1S/C10H16Br2O/c11-7-3-1-5-10(9-13)6-2-4-8-12/h1-8H2. The quantitative estimate of drug-likeness (QED) is 0.378. The van der Waals surface area contributed by atoms with Crippen LogP contribution in [0, 0.1) is 0 Å². The number of unbranched alkanes of at least 4 members (excludes halogenated alkanes) is 2. The first-order valence-electron chi connectivity index (χ1n) is 4.70. The van der Waals surface area contributed by atoms with E-state index in [9.17, 15) is 4.79 Å². The van der Waals surface area contributed by atoms with Crippen LogP contribution in [0.25, 0.3) is 0 Å². The Balaban J connectivity index is 3.47. The Morgan fingerprint density at radius 2 is 1.38 bits per heavy atom. The number of halogens is 2. The van der Waals surface area contributed by atoms with Gasteiger partial charge < -0.3 is 0 Å². The van der Waals surface area contributed by atoms with Crippen molar-refractivity contribution in [3.8, 4) is 0 Å². The Morgan fingerprint density at radius 1 is 0.923 bits per heavy atom. The van der Waals surface area contributed by atoms with Gasteiger partial charge in [-0.3, -0.25) is 0 Å². The average molecular weight is 312 g/mol. The summed E-state index contributed by atoms with van der Waals surface area (Å²) in [5, 5.41) is 2.06. The first-order valence-corrected chi connectivity index (χ1v) is 6.94. The monoisotopic (exact) mass is 310 g/mol. The molecule has 0 atom stereocenters. The third-order valence-electron chi connectivity index (χ3n) is 1.87. The van der Waals surface area contributed by atoms with Gasteiger partial charge in [0.05, 0.1) is 0 Å². The number of allylic oxidation sites excluding steroid dienone is 1. The Labute approximate surface area is 97.2 Å². The fourth-order valence-corrected chi connectivity index (χ4v) is 1.89. The van der Waals surface area contributed by atoms with Crippen molar-refractivity contribution >= 4 is 37.8 Å². The number of carbonyl (C=O) groups excluding carboxylic acids is 1. The summed E-state index contributed by atoms with van der Waals surface area (Å²) < 4.78 is 0. The topological polar surface area (TPSA) is 17.1 Å². The molecule has 13 heavy (non-hydrogen) atoms. The predicted molar refractivity (Wildman–Crippen MR) is 64.5 cm³/mol. The summed E-state index contributed by atoms with van der Waals surface area (Å²) in [6.45, 7) is 0. The SMILES string of the molecule is O=C=C(CCCCBr)CCCCBr. The molecule has 0 amide bonds. The number of alkyl halides is 2. The van der Waals surface area contributed by atoms with Gasteiger partial charge in [-0.15, -0.1) is 0 Å². The Kier molecular flexibility index (Phi) is 10.8. The van der Waals surface area contributed by atoms with Crippen molar-refractivity contribution in [1.29, 1.82) is 0 Å². The average Bonchev–Trinajstić information content (AvgIpc) is 2.16. The van der Waals surface area contributed by atoms with E-state index in [4.69, 9.17) is 0 Å². The van der Waals surface area contributed by atoms with Gasteiger partial charge in [0.25, 0.3) is 0 Å². The van der Waals surface area contributed by atoms with E-state index in [-0.39, 0.29) is 0 Å².